The Hall–Kier alpha value is -2.74. The van der Waals surface area contributed by atoms with E-state index in [1.807, 2.05) is 36.9 Å². The van der Waals surface area contributed by atoms with E-state index in [1.54, 1.807) is 0 Å². The van der Waals surface area contributed by atoms with Crippen molar-refractivity contribution in [1.29, 1.82) is 0 Å². The monoisotopic (exact) mass is 394 g/mol. The highest BCUT2D eigenvalue weighted by molar-refractivity contribution is 6.07. The van der Waals surface area contributed by atoms with Crippen LogP contribution in [0, 0.1) is 6.92 Å². The molecule has 0 aliphatic carbocycles. The van der Waals surface area contributed by atoms with Gasteiger partial charge in [0.2, 0.25) is 0 Å². The molecular formula is C21H26N6O2. The molecule has 1 amide bonds. The van der Waals surface area contributed by atoms with Crippen LogP contribution in [-0.2, 0) is 6.54 Å². The van der Waals surface area contributed by atoms with Gasteiger partial charge in [0.15, 0.2) is 0 Å². The number of nitrogens with zero attached hydrogens (tertiary/aromatic N) is 5. The third-order valence-corrected chi connectivity index (χ3v) is 6.52. The second kappa shape index (κ2) is 6.95. The van der Waals surface area contributed by atoms with E-state index in [-0.39, 0.29) is 11.9 Å². The number of fused-ring (bicyclic) bond motifs is 3. The molecule has 2 aliphatic heterocycles. The first-order valence-electron chi connectivity index (χ1n) is 10.4. The largest absolute Gasteiger partial charge is 0.349 e. The van der Waals surface area contributed by atoms with Gasteiger partial charge in [-0.1, -0.05) is 5.16 Å². The summed E-state index contributed by atoms with van der Waals surface area (Å²) < 4.78 is 7.23. The average molecular weight is 394 g/mol. The van der Waals surface area contributed by atoms with E-state index in [9.17, 15) is 4.79 Å². The SMILES string of the molecule is CCn1ccc(-c2cc(C(=O)NC3C[C@@H]4CC[C@@H](C3)N4C)c3c(C)noc3n2)n1. The number of hydrogen-bond acceptors (Lipinski definition) is 6. The summed E-state index contributed by atoms with van der Waals surface area (Å²) >= 11 is 0. The molecule has 2 aliphatic rings. The lowest BCUT2D eigenvalue weighted by atomic mass is 9.97. The molecule has 5 rings (SSSR count). The van der Waals surface area contributed by atoms with Crippen LogP contribution in [0.4, 0.5) is 0 Å². The predicted molar refractivity (Wildman–Crippen MR) is 108 cm³/mol. The summed E-state index contributed by atoms with van der Waals surface area (Å²) in [4.78, 5) is 20.3. The molecule has 0 radical (unpaired) electrons. The van der Waals surface area contributed by atoms with E-state index in [0.717, 1.165) is 19.4 Å². The summed E-state index contributed by atoms with van der Waals surface area (Å²) in [5.41, 5.74) is 2.94. The van der Waals surface area contributed by atoms with Gasteiger partial charge in [-0.25, -0.2) is 4.98 Å². The van der Waals surface area contributed by atoms with Crippen LogP contribution < -0.4 is 5.32 Å². The highest BCUT2D eigenvalue weighted by Crippen LogP contribution is 2.34. The third kappa shape index (κ3) is 3.11. The molecule has 8 heteroatoms. The number of piperidine rings is 1. The van der Waals surface area contributed by atoms with Crippen molar-refractivity contribution >= 4 is 17.0 Å². The maximum Gasteiger partial charge on any atom is 0.259 e. The van der Waals surface area contributed by atoms with Crippen LogP contribution in [0.3, 0.4) is 0 Å². The number of aryl methyl sites for hydroxylation is 2. The van der Waals surface area contributed by atoms with Crippen molar-refractivity contribution < 1.29 is 9.32 Å². The fraction of sp³-hybridized carbons (Fsp3) is 0.524. The lowest BCUT2D eigenvalue weighted by Gasteiger charge is -2.36. The fourth-order valence-electron chi connectivity index (χ4n) is 4.87. The van der Waals surface area contributed by atoms with Gasteiger partial charge in [0, 0.05) is 30.9 Å². The first kappa shape index (κ1) is 18.3. The molecule has 2 bridgehead atoms. The first-order valence-corrected chi connectivity index (χ1v) is 10.4. The summed E-state index contributed by atoms with van der Waals surface area (Å²) in [5, 5.41) is 12.5. The Kier molecular flexibility index (Phi) is 4.38. The second-order valence-electron chi connectivity index (χ2n) is 8.25. The molecule has 0 aromatic carbocycles. The van der Waals surface area contributed by atoms with Crippen LogP contribution in [0.15, 0.2) is 22.9 Å². The zero-order valence-electron chi connectivity index (χ0n) is 17.1. The first-order chi connectivity index (χ1) is 14.0. The maximum absolute atomic E-state index is 13.3. The Morgan fingerprint density at radius 3 is 2.72 bits per heavy atom. The van der Waals surface area contributed by atoms with Gasteiger partial charge in [-0.05, 0) is 58.7 Å². The Morgan fingerprint density at radius 2 is 2.03 bits per heavy atom. The van der Waals surface area contributed by atoms with Gasteiger partial charge >= 0.3 is 0 Å². The lowest BCUT2D eigenvalue weighted by Crippen LogP contribution is -2.48. The zero-order chi connectivity index (χ0) is 20.1. The summed E-state index contributed by atoms with van der Waals surface area (Å²) in [5.74, 6) is -0.0890. The Balaban J connectivity index is 1.48. The maximum atomic E-state index is 13.3. The van der Waals surface area contributed by atoms with E-state index in [4.69, 9.17) is 4.52 Å². The minimum Gasteiger partial charge on any atom is -0.349 e. The van der Waals surface area contributed by atoms with E-state index in [1.165, 1.54) is 12.8 Å². The molecule has 0 unspecified atom stereocenters. The van der Waals surface area contributed by atoms with Crippen LogP contribution in [-0.4, -0.2) is 55.9 Å². The molecule has 29 heavy (non-hydrogen) atoms. The molecule has 2 saturated heterocycles. The zero-order valence-corrected chi connectivity index (χ0v) is 17.1. The number of carbonyl (C=O) groups excluding carboxylic acids is 1. The number of rotatable bonds is 4. The molecular weight excluding hydrogens is 368 g/mol. The molecule has 2 fully saturated rings. The summed E-state index contributed by atoms with van der Waals surface area (Å²) in [6.07, 6.45) is 6.36. The fourth-order valence-corrected chi connectivity index (χ4v) is 4.87. The number of aromatic nitrogens is 4. The van der Waals surface area contributed by atoms with Crippen LogP contribution in [0.25, 0.3) is 22.5 Å². The minimum absolute atomic E-state index is 0.0890. The van der Waals surface area contributed by atoms with Crippen molar-refractivity contribution in [2.75, 3.05) is 7.05 Å². The quantitative estimate of drug-likeness (QED) is 0.732. The molecule has 3 aromatic rings. The summed E-state index contributed by atoms with van der Waals surface area (Å²) in [6, 6.07) is 5.05. The van der Waals surface area contributed by atoms with Gasteiger partial charge in [0.05, 0.1) is 22.3 Å². The second-order valence-corrected chi connectivity index (χ2v) is 8.25. The van der Waals surface area contributed by atoms with Crippen molar-refractivity contribution in [3.05, 3.63) is 29.6 Å². The molecule has 1 N–H and O–H groups in total. The molecule has 8 nitrogen and oxygen atoms in total. The van der Waals surface area contributed by atoms with Crippen molar-refractivity contribution in [2.24, 2.45) is 0 Å². The van der Waals surface area contributed by atoms with Gasteiger partial charge in [-0.3, -0.25) is 9.48 Å². The number of hydrogen-bond donors (Lipinski definition) is 1. The topological polar surface area (TPSA) is 89.1 Å². The van der Waals surface area contributed by atoms with Crippen LogP contribution in [0.5, 0.6) is 0 Å². The van der Waals surface area contributed by atoms with E-state index >= 15 is 0 Å². The summed E-state index contributed by atoms with van der Waals surface area (Å²) in [6.45, 7) is 4.64. The smallest absolute Gasteiger partial charge is 0.259 e. The van der Waals surface area contributed by atoms with Crippen molar-refractivity contribution in [2.45, 2.75) is 64.2 Å². The van der Waals surface area contributed by atoms with Gasteiger partial charge in [-0.2, -0.15) is 5.10 Å². The number of pyridine rings is 1. The summed E-state index contributed by atoms with van der Waals surface area (Å²) in [7, 11) is 2.20. The van der Waals surface area contributed by atoms with E-state index < -0.39 is 0 Å². The molecule has 5 heterocycles. The van der Waals surface area contributed by atoms with Crippen molar-refractivity contribution in [1.82, 2.24) is 30.1 Å². The van der Waals surface area contributed by atoms with E-state index in [0.29, 0.717) is 45.8 Å². The minimum atomic E-state index is -0.0890. The highest BCUT2D eigenvalue weighted by Gasteiger charge is 2.39. The Labute approximate surface area is 169 Å². The molecule has 0 saturated carbocycles. The predicted octanol–water partition coefficient (Wildman–Crippen LogP) is 2.77. The van der Waals surface area contributed by atoms with E-state index in [2.05, 4.69) is 32.5 Å². The highest BCUT2D eigenvalue weighted by atomic mass is 16.5. The Morgan fingerprint density at radius 1 is 1.28 bits per heavy atom. The molecule has 152 valence electrons. The standard InChI is InChI=1S/C21H26N6O2/c1-4-27-8-7-17(24-27)18-11-16(19-12(2)25-29-21(19)23-18)20(28)22-13-9-14-5-6-15(10-13)26(14)3/h7-8,11,13-15H,4-6,9-10H2,1-3H3,(H,22,28)/t14-,15-/m0/s1. The van der Waals surface area contributed by atoms with Gasteiger partial charge in [-0.15, -0.1) is 0 Å². The van der Waals surface area contributed by atoms with Gasteiger partial charge in [0.25, 0.3) is 11.6 Å². The van der Waals surface area contributed by atoms with Crippen LogP contribution in [0.1, 0.15) is 48.7 Å². The molecule has 2 atom stereocenters. The Bertz CT molecular complexity index is 1060. The van der Waals surface area contributed by atoms with Crippen molar-refractivity contribution in [3.8, 4) is 11.4 Å². The van der Waals surface area contributed by atoms with Crippen LogP contribution in [0.2, 0.25) is 0 Å². The number of amides is 1. The lowest BCUT2D eigenvalue weighted by molar-refractivity contribution is 0.0884. The normalized spacial score (nSPS) is 24.3. The van der Waals surface area contributed by atoms with Gasteiger partial charge in [0.1, 0.15) is 5.69 Å². The average Bonchev–Trinajstić information content (AvgIpc) is 3.38. The third-order valence-electron chi connectivity index (χ3n) is 6.52. The molecule has 3 aromatic heterocycles. The van der Waals surface area contributed by atoms with Crippen molar-refractivity contribution in [3.63, 3.8) is 0 Å². The van der Waals surface area contributed by atoms with Crippen LogP contribution >= 0.6 is 0 Å². The number of nitrogens with one attached hydrogen (secondary N) is 1. The van der Waals surface area contributed by atoms with Gasteiger partial charge < -0.3 is 14.7 Å². The number of carbonyl (C=O) groups is 1. The molecule has 0 spiro atoms.